The summed E-state index contributed by atoms with van der Waals surface area (Å²) in [6.45, 7) is 3.74. The van der Waals surface area contributed by atoms with E-state index in [1.807, 2.05) is 62.4 Å². The van der Waals surface area contributed by atoms with Crippen LogP contribution in [0.3, 0.4) is 0 Å². The highest BCUT2D eigenvalue weighted by Gasteiger charge is 2.43. The van der Waals surface area contributed by atoms with Crippen LogP contribution in [-0.2, 0) is 9.59 Å². The van der Waals surface area contributed by atoms with Crippen molar-refractivity contribution >= 4 is 56.1 Å². The van der Waals surface area contributed by atoms with Crippen molar-refractivity contribution in [2.24, 2.45) is 0 Å². The van der Waals surface area contributed by atoms with Crippen molar-refractivity contribution in [2.75, 3.05) is 4.90 Å². The molecule has 0 unspecified atom stereocenters. The van der Waals surface area contributed by atoms with Crippen molar-refractivity contribution in [3.63, 3.8) is 0 Å². The van der Waals surface area contributed by atoms with Crippen LogP contribution in [0.4, 0.5) is 11.4 Å². The first-order valence-corrected chi connectivity index (χ1v) is 11.4. The molecule has 8 heteroatoms. The summed E-state index contributed by atoms with van der Waals surface area (Å²) < 4.78 is 0. The number of nitro benzene ring substituents is 1. The van der Waals surface area contributed by atoms with Crippen molar-refractivity contribution in [2.45, 2.75) is 13.8 Å². The van der Waals surface area contributed by atoms with Crippen LogP contribution in [-0.4, -0.2) is 26.7 Å². The Morgan fingerprint density at radius 1 is 0.722 bits per heavy atom. The highest BCUT2D eigenvalue weighted by molar-refractivity contribution is 6.58. The molecule has 0 aliphatic carbocycles. The van der Waals surface area contributed by atoms with Gasteiger partial charge in [-0.05, 0) is 32.0 Å². The summed E-state index contributed by atoms with van der Waals surface area (Å²) in [6, 6.07) is 20.8. The molecule has 176 valence electrons. The number of aryl methyl sites for hydroxylation is 2. The molecule has 1 aliphatic heterocycles. The van der Waals surface area contributed by atoms with Crippen molar-refractivity contribution < 1.29 is 14.5 Å². The number of nitro groups is 1. The number of anilines is 1. The number of hydrogen-bond acceptors (Lipinski definition) is 4. The van der Waals surface area contributed by atoms with E-state index in [1.54, 1.807) is 0 Å². The largest absolute Gasteiger partial charge is 0.358 e. The van der Waals surface area contributed by atoms with Gasteiger partial charge in [0.05, 0.1) is 21.8 Å². The molecule has 5 aromatic rings. The lowest BCUT2D eigenvalue weighted by atomic mass is 9.93. The fourth-order valence-electron chi connectivity index (χ4n) is 5.17. The first-order valence-electron chi connectivity index (χ1n) is 11.4. The third-order valence-corrected chi connectivity index (χ3v) is 6.67. The number of non-ortho nitro benzene ring substituents is 1. The van der Waals surface area contributed by atoms with Crippen LogP contribution in [0.25, 0.3) is 33.0 Å². The highest BCUT2D eigenvalue weighted by Crippen LogP contribution is 2.44. The van der Waals surface area contributed by atoms with Crippen molar-refractivity contribution in [3.05, 3.63) is 105 Å². The van der Waals surface area contributed by atoms with Crippen LogP contribution < -0.4 is 4.90 Å². The van der Waals surface area contributed by atoms with E-state index >= 15 is 0 Å². The number of H-pyrrole nitrogens is 2. The van der Waals surface area contributed by atoms with E-state index in [-0.39, 0.29) is 22.5 Å². The molecule has 0 saturated heterocycles. The zero-order valence-electron chi connectivity index (χ0n) is 19.5. The van der Waals surface area contributed by atoms with Gasteiger partial charge in [-0.1, -0.05) is 42.5 Å². The maximum absolute atomic E-state index is 14.1. The van der Waals surface area contributed by atoms with E-state index < -0.39 is 16.7 Å². The van der Waals surface area contributed by atoms with Gasteiger partial charge in [0.2, 0.25) is 0 Å². The second kappa shape index (κ2) is 7.78. The van der Waals surface area contributed by atoms with E-state index in [2.05, 4.69) is 9.97 Å². The Bertz CT molecular complexity index is 1690. The SMILES string of the molecule is Cc1[nH]c2ccccc2c1C1=C(c2c(C)[nH]c3ccccc23)C(=O)N(c2cccc([N+](=O)[O-])c2)C1=O. The van der Waals surface area contributed by atoms with E-state index in [1.165, 1.54) is 24.3 Å². The quantitative estimate of drug-likeness (QED) is 0.198. The summed E-state index contributed by atoms with van der Waals surface area (Å²) in [4.78, 5) is 46.8. The number of amides is 2. The van der Waals surface area contributed by atoms with Crippen molar-refractivity contribution in [3.8, 4) is 0 Å². The maximum Gasteiger partial charge on any atom is 0.271 e. The maximum atomic E-state index is 14.1. The number of fused-ring (bicyclic) bond motifs is 2. The predicted octanol–water partition coefficient (Wildman–Crippen LogP) is 5.66. The molecule has 3 heterocycles. The first-order chi connectivity index (χ1) is 17.4. The number of imide groups is 1. The van der Waals surface area contributed by atoms with Gasteiger partial charge < -0.3 is 9.97 Å². The standard InChI is InChI=1S/C28H20N4O4/c1-15-23(19-10-3-5-12-21(19)29-15)25-26(24-16(2)30-22-13-6-4-11-20(22)24)28(34)31(27(25)33)17-8-7-9-18(14-17)32(35)36/h3-14,29-30H,1-2H3. The molecule has 0 fully saturated rings. The molecule has 0 bridgehead atoms. The summed E-state index contributed by atoms with van der Waals surface area (Å²) in [6.07, 6.45) is 0. The van der Waals surface area contributed by atoms with Gasteiger partial charge in [-0.2, -0.15) is 0 Å². The molecule has 3 aromatic carbocycles. The topological polar surface area (TPSA) is 112 Å². The summed E-state index contributed by atoms with van der Waals surface area (Å²) in [5.41, 5.74) is 5.00. The zero-order chi connectivity index (χ0) is 25.1. The van der Waals surface area contributed by atoms with E-state index in [4.69, 9.17) is 0 Å². The average Bonchev–Trinajstić information content (AvgIpc) is 3.45. The van der Waals surface area contributed by atoms with Crippen LogP contribution in [0.1, 0.15) is 22.5 Å². The van der Waals surface area contributed by atoms with E-state index in [0.29, 0.717) is 11.1 Å². The third-order valence-electron chi connectivity index (χ3n) is 6.67. The number of nitrogens with zero attached hydrogens (tertiary/aromatic N) is 2. The molecule has 0 radical (unpaired) electrons. The Labute approximate surface area is 205 Å². The Kier molecular flexibility index (Phi) is 4.65. The van der Waals surface area contributed by atoms with Gasteiger partial charge in [-0.3, -0.25) is 19.7 Å². The summed E-state index contributed by atoms with van der Waals surface area (Å²) in [7, 11) is 0. The molecular formula is C28H20N4O4. The van der Waals surface area contributed by atoms with Gasteiger partial charge in [-0.15, -0.1) is 0 Å². The molecule has 0 atom stereocenters. The Hall–Kier alpha value is -4.98. The lowest BCUT2D eigenvalue weighted by Crippen LogP contribution is -2.31. The van der Waals surface area contributed by atoms with Gasteiger partial charge in [0.25, 0.3) is 17.5 Å². The Morgan fingerprint density at radius 2 is 1.22 bits per heavy atom. The number of carbonyl (C=O) groups is 2. The number of benzene rings is 3. The summed E-state index contributed by atoms with van der Waals surface area (Å²) >= 11 is 0. The zero-order valence-corrected chi connectivity index (χ0v) is 19.5. The monoisotopic (exact) mass is 476 g/mol. The van der Waals surface area contributed by atoms with Crippen LogP contribution in [0.15, 0.2) is 72.8 Å². The minimum Gasteiger partial charge on any atom is -0.358 e. The fraction of sp³-hybridized carbons (Fsp3) is 0.0714. The van der Waals surface area contributed by atoms with Crippen LogP contribution in [0, 0.1) is 24.0 Å². The number of hydrogen-bond donors (Lipinski definition) is 2. The Morgan fingerprint density at radius 3 is 1.72 bits per heavy atom. The second-order valence-corrected chi connectivity index (χ2v) is 8.81. The van der Waals surface area contributed by atoms with Gasteiger partial charge in [-0.25, -0.2) is 4.90 Å². The van der Waals surface area contributed by atoms with Crippen LogP contribution in [0.2, 0.25) is 0 Å². The smallest absolute Gasteiger partial charge is 0.271 e. The number of carbonyl (C=O) groups excluding carboxylic acids is 2. The summed E-state index contributed by atoms with van der Waals surface area (Å²) in [5.74, 6) is -1.04. The lowest BCUT2D eigenvalue weighted by molar-refractivity contribution is -0.384. The number of nitrogens with one attached hydrogen (secondary N) is 2. The minimum absolute atomic E-state index is 0.154. The van der Waals surface area contributed by atoms with Crippen molar-refractivity contribution in [1.29, 1.82) is 0 Å². The Balaban J connectivity index is 1.68. The molecule has 1 aliphatic rings. The first kappa shape index (κ1) is 21.5. The third kappa shape index (κ3) is 3.01. The number of rotatable bonds is 4. The van der Waals surface area contributed by atoms with Gasteiger partial charge in [0, 0.05) is 56.5 Å². The van der Waals surface area contributed by atoms with E-state index in [0.717, 1.165) is 38.1 Å². The second-order valence-electron chi connectivity index (χ2n) is 8.81. The van der Waals surface area contributed by atoms with Crippen LogP contribution >= 0.6 is 0 Å². The average molecular weight is 476 g/mol. The molecular weight excluding hydrogens is 456 g/mol. The lowest BCUT2D eigenvalue weighted by Gasteiger charge is -2.15. The molecule has 2 N–H and O–H groups in total. The molecule has 36 heavy (non-hydrogen) atoms. The summed E-state index contributed by atoms with van der Waals surface area (Å²) in [5, 5.41) is 13.1. The number of aromatic amines is 2. The molecule has 6 rings (SSSR count). The molecule has 0 spiro atoms. The predicted molar refractivity (Wildman–Crippen MR) is 138 cm³/mol. The minimum atomic E-state index is -0.544. The van der Waals surface area contributed by atoms with Gasteiger partial charge in [0.1, 0.15) is 0 Å². The number of para-hydroxylation sites is 2. The number of aromatic nitrogens is 2. The van der Waals surface area contributed by atoms with Gasteiger partial charge in [0.15, 0.2) is 0 Å². The van der Waals surface area contributed by atoms with Crippen molar-refractivity contribution in [1.82, 2.24) is 9.97 Å². The van der Waals surface area contributed by atoms with Gasteiger partial charge >= 0.3 is 0 Å². The molecule has 2 amide bonds. The highest BCUT2D eigenvalue weighted by atomic mass is 16.6. The van der Waals surface area contributed by atoms with Crippen LogP contribution in [0.5, 0.6) is 0 Å². The molecule has 2 aromatic heterocycles. The molecule has 8 nitrogen and oxygen atoms in total. The van der Waals surface area contributed by atoms with E-state index in [9.17, 15) is 19.7 Å². The fourth-order valence-corrected chi connectivity index (χ4v) is 5.17. The molecule has 0 saturated carbocycles. The normalized spacial score (nSPS) is 14.0.